The fourth-order valence-electron chi connectivity index (χ4n) is 11.3. The molecule has 0 amide bonds. The lowest BCUT2D eigenvalue weighted by atomic mass is 9.63. The summed E-state index contributed by atoms with van der Waals surface area (Å²) in [6.07, 6.45) is 4.75. The third kappa shape index (κ3) is 5.69. The second-order valence-corrected chi connectivity index (χ2v) is 29.3. The number of esters is 1. The summed E-state index contributed by atoms with van der Waals surface area (Å²) >= 11 is 0. The van der Waals surface area contributed by atoms with Crippen LogP contribution in [0.3, 0.4) is 0 Å². The molecule has 2 heterocycles. The van der Waals surface area contributed by atoms with Crippen molar-refractivity contribution in [3.05, 3.63) is 23.0 Å². The number of ketones is 1. The highest BCUT2D eigenvalue weighted by Gasteiger charge is 2.67. The van der Waals surface area contributed by atoms with Crippen molar-refractivity contribution in [2.24, 2.45) is 47.3 Å². The van der Waals surface area contributed by atoms with E-state index in [4.69, 9.17) is 18.3 Å². The van der Waals surface area contributed by atoms with Crippen LogP contribution in [0, 0.1) is 47.3 Å². The summed E-state index contributed by atoms with van der Waals surface area (Å²) in [7, 11) is -2.95. The fraction of sp³-hybridized carbons (Fsp3) is 0.850. The maximum atomic E-state index is 14.0. The molecule has 0 aromatic heterocycles. The van der Waals surface area contributed by atoms with Gasteiger partial charge in [-0.15, -0.1) is 0 Å². The van der Waals surface area contributed by atoms with Gasteiger partial charge >= 0.3 is 5.97 Å². The van der Waals surface area contributed by atoms with Crippen molar-refractivity contribution in [1.29, 1.82) is 0 Å². The lowest BCUT2D eigenvalue weighted by molar-refractivity contribution is -0.141. The first-order valence-corrected chi connectivity index (χ1v) is 24.2. The first-order chi connectivity index (χ1) is 22.1. The number of hydrogen-bond donors (Lipinski definition) is 0. The van der Waals surface area contributed by atoms with Crippen LogP contribution in [-0.4, -0.2) is 53.3 Å². The van der Waals surface area contributed by atoms with E-state index in [1.807, 2.05) is 6.92 Å². The molecule has 48 heavy (non-hydrogen) atoms. The molecule has 0 radical (unpaired) electrons. The molecule has 1 saturated heterocycles. The van der Waals surface area contributed by atoms with E-state index >= 15 is 0 Å². The van der Waals surface area contributed by atoms with Crippen LogP contribution in [0.4, 0.5) is 0 Å². The maximum Gasteiger partial charge on any atom is 0.337 e. The number of fused-ring (bicyclic) bond motifs is 8. The predicted octanol–water partition coefficient (Wildman–Crippen LogP) is 9.86. The Morgan fingerprint density at radius 2 is 1.56 bits per heavy atom. The quantitative estimate of drug-likeness (QED) is 0.143. The van der Waals surface area contributed by atoms with Gasteiger partial charge in [0.15, 0.2) is 8.32 Å². The van der Waals surface area contributed by atoms with Crippen LogP contribution in [-0.2, 0) is 27.9 Å². The molecule has 0 aromatic carbocycles. The smallest absolute Gasteiger partial charge is 0.337 e. The Labute approximate surface area is 294 Å². The summed E-state index contributed by atoms with van der Waals surface area (Å²) in [5, 5.41) is 0.0571. The van der Waals surface area contributed by atoms with Gasteiger partial charge in [0.2, 0.25) is 8.32 Å². The molecule has 1 unspecified atom stereocenters. The molecule has 2 aliphatic heterocycles. The van der Waals surface area contributed by atoms with Crippen LogP contribution in [0.25, 0.3) is 0 Å². The molecule has 6 nitrogen and oxygen atoms in total. The SMILES string of the molecule is COC(=O)C1=C2OC(C)(CCC(=O)[C@H]2C)[C@@H]2C[C@H]3C(C)=C[C@H]4[C@@H](O[Si](C(C)C)(C(C)C)C(C)C)[C@H](C)[C@@H](O[Si](C)(C)C(C)(C)C)[C@@H]4[C@H]3[C@H]12. The third-order valence-corrected chi connectivity index (χ3v) is 25.3. The van der Waals surface area contributed by atoms with Crippen molar-refractivity contribution < 1.29 is 27.9 Å². The fourth-order valence-corrected chi connectivity index (χ4v) is 18.3. The minimum absolute atomic E-state index is 0.00955. The Morgan fingerprint density at radius 3 is 2.08 bits per heavy atom. The zero-order chi connectivity index (χ0) is 36.0. The van der Waals surface area contributed by atoms with Crippen LogP contribution in [0.2, 0.25) is 34.8 Å². The average Bonchev–Trinajstić information content (AvgIpc) is 3.46. The average molecular weight is 701 g/mol. The van der Waals surface area contributed by atoms with E-state index in [1.165, 1.54) is 12.7 Å². The van der Waals surface area contributed by atoms with Gasteiger partial charge in [-0.2, -0.15) is 0 Å². The molecule has 272 valence electrons. The third-order valence-electron chi connectivity index (χ3n) is 14.7. The van der Waals surface area contributed by atoms with E-state index in [9.17, 15) is 9.59 Å². The highest BCUT2D eigenvalue weighted by molar-refractivity contribution is 6.77. The van der Waals surface area contributed by atoms with Gasteiger partial charge in [0.25, 0.3) is 0 Å². The minimum atomic E-state index is -2.23. The Kier molecular flexibility index (Phi) is 10.1. The lowest BCUT2D eigenvalue weighted by Crippen LogP contribution is -2.52. The van der Waals surface area contributed by atoms with Crippen LogP contribution >= 0.6 is 0 Å². The molecular formula is C40H68O6Si2. The predicted molar refractivity (Wildman–Crippen MR) is 198 cm³/mol. The second kappa shape index (κ2) is 12.8. The Morgan fingerprint density at radius 1 is 0.979 bits per heavy atom. The summed E-state index contributed by atoms with van der Waals surface area (Å²) in [4.78, 5) is 27.4. The summed E-state index contributed by atoms with van der Waals surface area (Å²) in [5.41, 5.74) is 2.99. The number of rotatable bonds is 8. The van der Waals surface area contributed by atoms with E-state index in [2.05, 4.69) is 102 Å². The van der Waals surface area contributed by atoms with Crippen molar-refractivity contribution in [3.63, 3.8) is 0 Å². The molecule has 5 aliphatic rings. The van der Waals surface area contributed by atoms with Gasteiger partial charge in [-0.25, -0.2) is 4.79 Å². The molecule has 8 heteroatoms. The Balaban J connectivity index is 1.73. The number of allylic oxidation sites excluding steroid dienone is 2. The first-order valence-electron chi connectivity index (χ1n) is 19.1. The van der Waals surface area contributed by atoms with Gasteiger partial charge in [-0.1, -0.05) is 80.9 Å². The molecule has 2 saturated carbocycles. The number of methoxy groups -OCH3 is 1. The number of Topliss-reactive ketones (excluding diaryl/α,β-unsaturated/α-hetero) is 1. The summed E-state index contributed by atoms with van der Waals surface area (Å²) in [6.45, 7) is 34.9. The Hall–Kier alpha value is -1.23. The zero-order valence-corrected chi connectivity index (χ0v) is 35.2. The van der Waals surface area contributed by atoms with Crippen molar-refractivity contribution in [1.82, 2.24) is 0 Å². The number of hydrogen-bond acceptors (Lipinski definition) is 6. The lowest BCUT2D eigenvalue weighted by Gasteiger charge is -2.49. The molecule has 5 rings (SSSR count). The summed E-state index contributed by atoms with van der Waals surface area (Å²) in [6, 6.07) is 0. The topological polar surface area (TPSA) is 71.1 Å². The second-order valence-electron chi connectivity index (χ2n) is 19.1. The number of carbonyl (C=O) groups excluding carboxylic acids is 2. The van der Waals surface area contributed by atoms with Gasteiger partial charge in [0.1, 0.15) is 17.1 Å². The largest absolute Gasteiger partial charge is 0.490 e. The minimum Gasteiger partial charge on any atom is -0.490 e. The van der Waals surface area contributed by atoms with Crippen LogP contribution in [0.5, 0.6) is 0 Å². The van der Waals surface area contributed by atoms with Gasteiger partial charge in [-0.05, 0) is 86.1 Å². The van der Waals surface area contributed by atoms with Gasteiger partial charge in [0, 0.05) is 30.1 Å². The molecule has 3 aliphatic carbocycles. The molecule has 0 spiro atoms. The normalized spacial score (nSPS) is 38.5. The first kappa shape index (κ1) is 38.0. The van der Waals surface area contributed by atoms with Crippen molar-refractivity contribution in [2.45, 2.75) is 162 Å². The van der Waals surface area contributed by atoms with Crippen LogP contribution in [0.15, 0.2) is 23.0 Å². The molecule has 0 aromatic rings. The molecule has 0 N–H and O–H groups in total. The van der Waals surface area contributed by atoms with Gasteiger partial charge in [0.05, 0.1) is 30.8 Å². The van der Waals surface area contributed by atoms with Gasteiger partial charge < -0.3 is 18.3 Å². The molecular weight excluding hydrogens is 633 g/mol. The monoisotopic (exact) mass is 700 g/mol. The van der Waals surface area contributed by atoms with Crippen molar-refractivity contribution in [2.75, 3.05) is 7.11 Å². The standard InChI is InChI=1S/C40H68O6Si2/c1-21(2)48(22(3)4,23(5)6)46-35-26(9)37(45-47(15,16)39(10,11)12)32-28(35)19-24(7)27-20-29-33(31(27)32)34(38(42)43-14)36-25(8)30(41)17-18-40(29,13)44-36/h19,21-23,25-29,31-33,35,37H,17-18,20H2,1-16H3/t25-,26+,27+,28-,29-,31+,32+,33-,35+,37-,40?/m1/s1. The van der Waals surface area contributed by atoms with E-state index in [0.29, 0.717) is 46.7 Å². The zero-order valence-electron chi connectivity index (χ0n) is 33.2. The van der Waals surface area contributed by atoms with E-state index < -0.39 is 28.2 Å². The van der Waals surface area contributed by atoms with Crippen LogP contribution in [0.1, 0.15) is 109 Å². The molecule has 11 atom stereocenters. The number of ether oxygens (including phenoxy) is 2. The summed E-state index contributed by atoms with van der Waals surface area (Å²) < 4.78 is 27.9. The maximum absolute atomic E-state index is 14.0. The highest BCUT2D eigenvalue weighted by Crippen LogP contribution is 2.67. The number of carbonyl (C=O) groups is 2. The highest BCUT2D eigenvalue weighted by atomic mass is 28.4. The van der Waals surface area contributed by atoms with Crippen molar-refractivity contribution in [3.8, 4) is 0 Å². The summed E-state index contributed by atoms with van der Waals surface area (Å²) in [5.74, 6) is 1.08. The van der Waals surface area contributed by atoms with Gasteiger partial charge in [-0.3, -0.25) is 4.79 Å². The molecule has 2 bridgehead atoms. The van der Waals surface area contributed by atoms with E-state index in [0.717, 1.165) is 6.42 Å². The molecule has 3 fully saturated rings. The van der Waals surface area contributed by atoms with E-state index in [-0.39, 0.29) is 64.5 Å². The van der Waals surface area contributed by atoms with Crippen LogP contribution < -0.4 is 0 Å². The van der Waals surface area contributed by atoms with Crippen molar-refractivity contribution >= 4 is 28.4 Å². The Bertz CT molecular complexity index is 1320. The van der Waals surface area contributed by atoms with E-state index in [1.54, 1.807) is 0 Å².